The van der Waals surface area contributed by atoms with E-state index in [0.717, 1.165) is 23.7 Å². The van der Waals surface area contributed by atoms with Gasteiger partial charge in [0.25, 0.3) is 5.91 Å². The van der Waals surface area contributed by atoms with Crippen molar-refractivity contribution in [1.82, 2.24) is 10.3 Å². The average molecular weight is 413 g/mol. The van der Waals surface area contributed by atoms with Gasteiger partial charge in [0, 0.05) is 17.2 Å². The molecule has 0 radical (unpaired) electrons. The molecule has 1 amide bonds. The maximum Gasteiger partial charge on any atom is 0.252 e. The quantitative estimate of drug-likeness (QED) is 0.599. The van der Waals surface area contributed by atoms with Gasteiger partial charge in [-0.05, 0) is 37.1 Å². The van der Waals surface area contributed by atoms with E-state index < -0.39 is 9.84 Å². The van der Waals surface area contributed by atoms with Crippen LogP contribution in [0.25, 0.3) is 10.9 Å². The van der Waals surface area contributed by atoms with Crippen LogP contribution in [-0.2, 0) is 9.84 Å². The van der Waals surface area contributed by atoms with Crippen molar-refractivity contribution < 1.29 is 13.2 Å². The lowest BCUT2D eigenvalue weighted by molar-refractivity contribution is 0.0952. The van der Waals surface area contributed by atoms with Crippen molar-refractivity contribution in [3.63, 3.8) is 0 Å². The zero-order valence-electron chi connectivity index (χ0n) is 15.2. The van der Waals surface area contributed by atoms with Gasteiger partial charge < -0.3 is 5.32 Å². The highest BCUT2D eigenvalue weighted by Crippen LogP contribution is 2.26. The number of nitrogens with zero attached hydrogens (tertiary/aromatic N) is 1. The van der Waals surface area contributed by atoms with Crippen LogP contribution < -0.4 is 5.32 Å². The summed E-state index contributed by atoms with van der Waals surface area (Å²) in [5.41, 5.74) is 1.32. The third-order valence-corrected chi connectivity index (χ3v) is 7.46. The molecule has 1 N–H and O–H groups in total. The maximum absolute atomic E-state index is 12.6. The number of carbonyl (C=O) groups excluding carboxylic acids is 1. The van der Waals surface area contributed by atoms with Crippen molar-refractivity contribution in [3.8, 4) is 0 Å². The molecular weight excluding hydrogens is 392 g/mol. The molecule has 0 bridgehead atoms. The van der Waals surface area contributed by atoms with Crippen LogP contribution in [0.5, 0.6) is 0 Å². The Morgan fingerprint density at radius 2 is 1.79 bits per heavy atom. The number of aromatic nitrogens is 1. The Morgan fingerprint density at radius 3 is 2.54 bits per heavy atom. The number of sulfone groups is 1. The summed E-state index contributed by atoms with van der Waals surface area (Å²) in [4.78, 5) is 17.6. The molecule has 1 aliphatic carbocycles. The van der Waals surface area contributed by atoms with Crippen LogP contribution in [-0.4, -0.2) is 36.9 Å². The van der Waals surface area contributed by atoms with Crippen LogP contribution in [0.2, 0.25) is 0 Å². The van der Waals surface area contributed by atoms with Gasteiger partial charge in [-0.3, -0.25) is 4.79 Å². The average Bonchev–Trinajstić information content (AvgIpc) is 3.52. The van der Waals surface area contributed by atoms with E-state index >= 15 is 0 Å². The minimum atomic E-state index is -3.33. The highest BCUT2D eigenvalue weighted by atomic mass is 32.2. The number of para-hydroxylation sites is 1. The van der Waals surface area contributed by atoms with Gasteiger partial charge in [-0.25, -0.2) is 13.4 Å². The lowest BCUT2D eigenvalue weighted by atomic mass is 10.1. The van der Waals surface area contributed by atoms with Gasteiger partial charge in [-0.15, -0.1) is 11.8 Å². The second kappa shape index (κ2) is 7.93. The number of hydrogen-bond acceptors (Lipinski definition) is 5. The number of thioether (sulfide) groups is 1. The lowest BCUT2D eigenvalue weighted by Crippen LogP contribution is -2.25. The Bertz CT molecular complexity index is 1110. The predicted molar refractivity (Wildman–Crippen MR) is 111 cm³/mol. The maximum atomic E-state index is 12.6. The fourth-order valence-corrected chi connectivity index (χ4v) is 5.50. The van der Waals surface area contributed by atoms with Gasteiger partial charge in [-0.1, -0.05) is 36.4 Å². The smallest absolute Gasteiger partial charge is 0.252 e. The third kappa shape index (κ3) is 4.36. The van der Waals surface area contributed by atoms with Gasteiger partial charge in [0.05, 0.1) is 26.8 Å². The summed E-state index contributed by atoms with van der Waals surface area (Å²) in [7, 11) is -3.33. The molecule has 4 rings (SSSR count). The van der Waals surface area contributed by atoms with E-state index in [4.69, 9.17) is 0 Å². The molecule has 0 aliphatic heterocycles. The van der Waals surface area contributed by atoms with Crippen LogP contribution in [0, 0.1) is 0 Å². The van der Waals surface area contributed by atoms with Gasteiger partial charge >= 0.3 is 0 Å². The van der Waals surface area contributed by atoms with Gasteiger partial charge in [0.2, 0.25) is 0 Å². The van der Waals surface area contributed by atoms with Crippen LogP contribution in [0.4, 0.5) is 0 Å². The summed E-state index contributed by atoms with van der Waals surface area (Å²) in [6, 6.07) is 18.0. The first-order chi connectivity index (χ1) is 13.5. The summed E-state index contributed by atoms with van der Waals surface area (Å²) < 4.78 is 24.9. The van der Waals surface area contributed by atoms with E-state index in [1.807, 2.05) is 24.3 Å². The summed E-state index contributed by atoms with van der Waals surface area (Å²) in [5, 5.41) is 4.48. The summed E-state index contributed by atoms with van der Waals surface area (Å²) in [6.07, 6.45) is 2.04. The highest BCUT2D eigenvalue weighted by Gasteiger charge is 2.25. The van der Waals surface area contributed by atoms with Gasteiger partial charge in [0.1, 0.15) is 0 Å². The second-order valence-corrected chi connectivity index (χ2v) is 9.98. The van der Waals surface area contributed by atoms with Crippen molar-refractivity contribution in [2.75, 3.05) is 11.5 Å². The predicted octanol–water partition coefficient (Wildman–Crippen LogP) is 3.69. The number of hydrogen-bond donors (Lipinski definition) is 1. The second-order valence-electron chi connectivity index (χ2n) is 6.75. The molecule has 3 aromatic rings. The van der Waals surface area contributed by atoms with Crippen molar-refractivity contribution in [1.29, 1.82) is 0 Å². The zero-order chi connectivity index (χ0) is 19.6. The number of nitrogens with one attached hydrogen (secondary N) is 1. The van der Waals surface area contributed by atoms with Gasteiger partial charge in [0.15, 0.2) is 9.84 Å². The van der Waals surface area contributed by atoms with E-state index in [1.165, 1.54) is 11.8 Å². The summed E-state index contributed by atoms with van der Waals surface area (Å²) in [5.74, 6) is 0.284. The molecule has 0 saturated heterocycles. The molecule has 0 atom stereocenters. The molecule has 1 aliphatic rings. The zero-order valence-corrected chi connectivity index (χ0v) is 16.8. The molecule has 144 valence electrons. The molecule has 28 heavy (non-hydrogen) atoms. The Hall–Kier alpha value is -2.38. The first-order valence-corrected chi connectivity index (χ1v) is 11.8. The topological polar surface area (TPSA) is 76.1 Å². The van der Waals surface area contributed by atoms with Crippen LogP contribution in [0.15, 0.2) is 70.6 Å². The standard InChI is InChI=1S/C21H20N2O3S2/c24-21(22-15-10-11-15)18-14-20(23-19-9-5-4-8-17(18)19)27-12-13-28(25,26)16-6-2-1-3-7-16/h1-9,14-15H,10-13H2,(H,22,24). The minimum absolute atomic E-state index is 0.0137. The van der Waals surface area contributed by atoms with Crippen LogP contribution in [0.3, 0.4) is 0 Å². The molecule has 1 fully saturated rings. The lowest BCUT2D eigenvalue weighted by Gasteiger charge is -2.10. The molecule has 1 saturated carbocycles. The fraction of sp³-hybridized carbons (Fsp3) is 0.238. The third-order valence-electron chi connectivity index (χ3n) is 4.55. The first-order valence-electron chi connectivity index (χ1n) is 9.14. The number of carbonyl (C=O) groups is 1. The molecular formula is C21H20N2O3S2. The SMILES string of the molecule is O=C(NC1CC1)c1cc(SCCS(=O)(=O)c2ccccc2)nc2ccccc12. The number of rotatable bonds is 7. The van der Waals surface area contributed by atoms with Crippen molar-refractivity contribution in [2.24, 2.45) is 0 Å². The number of benzene rings is 2. The molecule has 7 heteroatoms. The van der Waals surface area contributed by atoms with Gasteiger partial charge in [-0.2, -0.15) is 0 Å². The molecule has 0 spiro atoms. The normalized spacial score (nSPS) is 14.1. The number of fused-ring (bicyclic) bond motifs is 1. The highest BCUT2D eigenvalue weighted by molar-refractivity contribution is 8.00. The number of amides is 1. The van der Waals surface area contributed by atoms with E-state index in [9.17, 15) is 13.2 Å². The molecule has 1 aromatic heterocycles. The van der Waals surface area contributed by atoms with E-state index in [2.05, 4.69) is 10.3 Å². The number of pyridine rings is 1. The first kappa shape index (κ1) is 19.0. The van der Waals surface area contributed by atoms with Crippen molar-refractivity contribution in [2.45, 2.75) is 28.8 Å². The van der Waals surface area contributed by atoms with E-state index in [1.54, 1.807) is 36.4 Å². The Morgan fingerprint density at radius 1 is 1.07 bits per heavy atom. The van der Waals surface area contributed by atoms with E-state index in [-0.39, 0.29) is 17.7 Å². The van der Waals surface area contributed by atoms with E-state index in [0.29, 0.717) is 21.2 Å². The molecule has 2 aromatic carbocycles. The molecule has 1 heterocycles. The van der Waals surface area contributed by atoms with Crippen LogP contribution >= 0.6 is 11.8 Å². The van der Waals surface area contributed by atoms with Crippen molar-refractivity contribution in [3.05, 3.63) is 66.2 Å². The minimum Gasteiger partial charge on any atom is -0.349 e. The summed E-state index contributed by atoms with van der Waals surface area (Å²) >= 11 is 1.35. The molecule has 5 nitrogen and oxygen atoms in total. The molecule has 0 unspecified atom stereocenters. The van der Waals surface area contributed by atoms with Crippen LogP contribution in [0.1, 0.15) is 23.2 Å². The Balaban J connectivity index is 1.53. The summed E-state index contributed by atoms with van der Waals surface area (Å²) in [6.45, 7) is 0. The van der Waals surface area contributed by atoms with Crippen molar-refractivity contribution >= 4 is 38.4 Å². The monoisotopic (exact) mass is 412 g/mol. The Kier molecular flexibility index (Phi) is 5.37. The Labute approximate surface area is 168 Å². The fourth-order valence-electron chi connectivity index (χ4n) is 2.91. The largest absolute Gasteiger partial charge is 0.349 e.